The van der Waals surface area contributed by atoms with Gasteiger partial charge in [-0.15, -0.1) is 0 Å². The van der Waals surface area contributed by atoms with Crippen molar-refractivity contribution in [1.29, 1.82) is 0 Å². The van der Waals surface area contributed by atoms with E-state index in [1.807, 2.05) is 12.3 Å². The van der Waals surface area contributed by atoms with E-state index >= 15 is 0 Å². The summed E-state index contributed by atoms with van der Waals surface area (Å²) in [7, 11) is 0. The molecular weight excluding hydrogens is 172 g/mol. The number of aromatic nitrogens is 2. The summed E-state index contributed by atoms with van der Waals surface area (Å²) >= 11 is 0. The number of rotatable bonds is 3. The Labute approximate surface area is 84.4 Å². The minimum Gasteiger partial charge on any atom is -0.360 e. The molecule has 0 bridgehead atoms. The van der Waals surface area contributed by atoms with Crippen molar-refractivity contribution in [3.8, 4) is 0 Å². The van der Waals surface area contributed by atoms with E-state index in [9.17, 15) is 0 Å². The van der Waals surface area contributed by atoms with E-state index in [2.05, 4.69) is 36.1 Å². The molecule has 0 aromatic carbocycles. The van der Waals surface area contributed by atoms with Crippen LogP contribution in [0.5, 0.6) is 0 Å². The smallest absolute Gasteiger partial charge is 0.0910 e. The standard InChI is InChI=1S/C12H16N2/c1-9(2)5-6-10-8-14-11-4-3-7-13-12(10)11/h3-4,7-9,14H,5-6H2,1-2H3. The molecule has 0 saturated heterocycles. The molecule has 0 spiro atoms. The van der Waals surface area contributed by atoms with Crippen LogP contribution >= 0.6 is 0 Å². The molecule has 2 rings (SSSR count). The van der Waals surface area contributed by atoms with Crippen molar-refractivity contribution >= 4 is 11.0 Å². The van der Waals surface area contributed by atoms with E-state index in [0.717, 1.165) is 23.4 Å². The van der Waals surface area contributed by atoms with Crippen LogP contribution in [0.3, 0.4) is 0 Å². The maximum Gasteiger partial charge on any atom is 0.0910 e. The molecular formula is C12H16N2. The number of hydrogen-bond acceptors (Lipinski definition) is 1. The van der Waals surface area contributed by atoms with Crippen LogP contribution in [0.1, 0.15) is 25.8 Å². The van der Waals surface area contributed by atoms with Crippen molar-refractivity contribution < 1.29 is 0 Å². The number of fused-ring (bicyclic) bond motifs is 1. The zero-order chi connectivity index (χ0) is 9.97. The third kappa shape index (κ3) is 1.79. The lowest BCUT2D eigenvalue weighted by Gasteiger charge is -2.02. The monoisotopic (exact) mass is 188 g/mol. The lowest BCUT2D eigenvalue weighted by molar-refractivity contribution is 0.588. The second-order valence-electron chi connectivity index (χ2n) is 4.15. The molecule has 0 aliphatic carbocycles. The zero-order valence-corrected chi connectivity index (χ0v) is 8.75. The van der Waals surface area contributed by atoms with Crippen molar-refractivity contribution in [2.45, 2.75) is 26.7 Å². The van der Waals surface area contributed by atoms with Gasteiger partial charge in [-0.05, 0) is 36.5 Å². The van der Waals surface area contributed by atoms with Crippen LogP contribution in [0.15, 0.2) is 24.5 Å². The van der Waals surface area contributed by atoms with Crippen LogP contribution in [0.2, 0.25) is 0 Å². The van der Waals surface area contributed by atoms with Gasteiger partial charge in [0.05, 0.1) is 11.0 Å². The molecule has 0 amide bonds. The van der Waals surface area contributed by atoms with Crippen molar-refractivity contribution in [2.75, 3.05) is 0 Å². The Morgan fingerprint density at radius 3 is 3.07 bits per heavy atom. The van der Waals surface area contributed by atoms with E-state index < -0.39 is 0 Å². The quantitative estimate of drug-likeness (QED) is 0.787. The highest BCUT2D eigenvalue weighted by atomic mass is 14.8. The lowest BCUT2D eigenvalue weighted by atomic mass is 10.0. The number of nitrogens with one attached hydrogen (secondary N) is 1. The Balaban J connectivity index is 2.25. The van der Waals surface area contributed by atoms with E-state index in [1.165, 1.54) is 12.0 Å². The number of pyridine rings is 1. The van der Waals surface area contributed by atoms with Crippen LogP contribution in [-0.2, 0) is 6.42 Å². The molecule has 0 aliphatic rings. The van der Waals surface area contributed by atoms with E-state index in [4.69, 9.17) is 0 Å². The molecule has 1 N–H and O–H groups in total. The number of aryl methyl sites for hydroxylation is 1. The van der Waals surface area contributed by atoms with Crippen molar-refractivity contribution in [3.63, 3.8) is 0 Å². The Morgan fingerprint density at radius 2 is 2.29 bits per heavy atom. The summed E-state index contributed by atoms with van der Waals surface area (Å²) < 4.78 is 0. The van der Waals surface area contributed by atoms with Gasteiger partial charge in [-0.2, -0.15) is 0 Å². The van der Waals surface area contributed by atoms with E-state index in [1.54, 1.807) is 0 Å². The number of H-pyrrole nitrogens is 1. The van der Waals surface area contributed by atoms with Crippen molar-refractivity contribution in [1.82, 2.24) is 9.97 Å². The Morgan fingerprint density at radius 1 is 1.43 bits per heavy atom. The summed E-state index contributed by atoms with van der Waals surface area (Å²) in [5, 5.41) is 0. The average molecular weight is 188 g/mol. The minimum absolute atomic E-state index is 0.753. The third-order valence-electron chi connectivity index (χ3n) is 2.50. The average Bonchev–Trinajstić information content (AvgIpc) is 2.58. The first-order chi connectivity index (χ1) is 6.77. The number of aromatic amines is 1. The van der Waals surface area contributed by atoms with Gasteiger partial charge in [0.15, 0.2) is 0 Å². The van der Waals surface area contributed by atoms with Crippen LogP contribution in [-0.4, -0.2) is 9.97 Å². The van der Waals surface area contributed by atoms with Gasteiger partial charge in [0.2, 0.25) is 0 Å². The van der Waals surface area contributed by atoms with Gasteiger partial charge in [0, 0.05) is 12.4 Å². The Kier molecular flexibility index (Phi) is 2.53. The maximum atomic E-state index is 4.39. The normalized spacial score (nSPS) is 11.4. The molecule has 0 fully saturated rings. The largest absolute Gasteiger partial charge is 0.360 e. The van der Waals surface area contributed by atoms with Crippen LogP contribution in [0, 0.1) is 5.92 Å². The Hall–Kier alpha value is -1.31. The summed E-state index contributed by atoms with van der Waals surface area (Å²) in [5.41, 5.74) is 3.62. The third-order valence-corrected chi connectivity index (χ3v) is 2.50. The van der Waals surface area contributed by atoms with Crippen LogP contribution in [0.25, 0.3) is 11.0 Å². The molecule has 0 atom stereocenters. The van der Waals surface area contributed by atoms with Gasteiger partial charge in [-0.1, -0.05) is 13.8 Å². The summed E-state index contributed by atoms with van der Waals surface area (Å²) in [5.74, 6) is 0.753. The van der Waals surface area contributed by atoms with Gasteiger partial charge in [-0.25, -0.2) is 0 Å². The molecule has 2 aromatic rings. The second-order valence-corrected chi connectivity index (χ2v) is 4.15. The summed E-state index contributed by atoms with van der Waals surface area (Å²) in [6.45, 7) is 4.50. The SMILES string of the molecule is CC(C)CCc1c[nH]c2cccnc12. The first-order valence-electron chi connectivity index (χ1n) is 5.18. The van der Waals surface area contributed by atoms with Crippen LogP contribution < -0.4 is 0 Å². The van der Waals surface area contributed by atoms with Crippen molar-refractivity contribution in [2.24, 2.45) is 5.92 Å². The molecule has 0 unspecified atom stereocenters. The van der Waals surface area contributed by atoms with Gasteiger partial charge in [0.25, 0.3) is 0 Å². The highest BCUT2D eigenvalue weighted by molar-refractivity contribution is 5.78. The molecule has 0 aliphatic heterocycles. The van der Waals surface area contributed by atoms with Crippen LogP contribution in [0.4, 0.5) is 0 Å². The van der Waals surface area contributed by atoms with Gasteiger partial charge in [-0.3, -0.25) is 4.98 Å². The predicted molar refractivity (Wildman–Crippen MR) is 59.3 cm³/mol. The molecule has 74 valence electrons. The van der Waals surface area contributed by atoms with Gasteiger partial charge < -0.3 is 4.98 Å². The van der Waals surface area contributed by atoms with Gasteiger partial charge in [0.1, 0.15) is 0 Å². The topological polar surface area (TPSA) is 28.7 Å². The van der Waals surface area contributed by atoms with E-state index in [0.29, 0.717) is 0 Å². The lowest BCUT2D eigenvalue weighted by Crippen LogP contribution is -1.91. The molecule has 0 saturated carbocycles. The molecule has 14 heavy (non-hydrogen) atoms. The van der Waals surface area contributed by atoms with Crippen molar-refractivity contribution in [3.05, 3.63) is 30.1 Å². The first kappa shape index (κ1) is 9.25. The summed E-state index contributed by atoms with van der Waals surface area (Å²) in [4.78, 5) is 7.64. The fourth-order valence-corrected chi connectivity index (χ4v) is 1.65. The fourth-order valence-electron chi connectivity index (χ4n) is 1.65. The zero-order valence-electron chi connectivity index (χ0n) is 8.75. The first-order valence-corrected chi connectivity index (χ1v) is 5.18. The fraction of sp³-hybridized carbons (Fsp3) is 0.417. The number of hydrogen-bond donors (Lipinski definition) is 1. The molecule has 2 heteroatoms. The molecule has 2 nitrogen and oxygen atoms in total. The summed E-state index contributed by atoms with van der Waals surface area (Å²) in [6, 6.07) is 4.03. The predicted octanol–water partition coefficient (Wildman–Crippen LogP) is 3.15. The number of nitrogens with zero attached hydrogens (tertiary/aromatic N) is 1. The Bertz CT molecular complexity index is 415. The molecule has 0 radical (unpaired) electrons. The van der Waals surface area contributed by atoms with Gasteiger partial charge >= 0.3 is 0 Å². The second kappa shape index (κ2) is 3.82. The highest BCUT2D eigenvalue weighted by Crippen LogP contribution is 2.17. The molecule has 2 aromatic heterocycles. The minimum atomic E-state index is 0.753. The summed E-state index contributed by atoms with van der Waals surface area (Å²) in [6.07, 6.45) is 6.29. The molecule has 2 heterocycles. The highest BCUT2D eigenvalue weighted by Gasteiger charge is 2.04. The maximum absolute atomic E-state index is 4.39. The van der Waals surface area contributed by atoms with E-state index in [-0.39, 0.29) is 0 Å².